The monoisotopic (exact) mass is 451 g/mol. The van der Waals surface area contributed by atoms with Crippen molar-refractivity contribution in [3.8, 4) is 0 Å². The van der Waals surface area contributed by atoms with Gasteiger partial charge in [0.05, 0.1) is 4.92 Å². The van der Waals surface area contributed by atoms with Crippen LogP contribution in [0.25, 0.3) is 6.08 Å². The summed E-state index contributed by atoms with van der Waals surface area (Å²) in [6.07, 6.45) is 1.39. The molecule has 0 radical (unpaired) electrons. The molecule has 8 heteroatoms. The summed E-state index contributed by atoms with van der Waals surface area (Å²) < 4.78 is 1.02. The van der Waals surface area contributed by atoms with Gasteiger partial charge in [0.2, 0.25) is 5.91 Å². The number of nitro benzene ring substituents is 1. The Balaban J connectivity index is 2.29. The number of amides is 2. The van der Waals surface area contributed by atoms with E-state index >= 15 is 0 Å². The number of carbonyl (C=O) groups excluding carboxylic acids is 2. The Labute approximate surface area is 157 Å². The fourth-order valence-corrected chi connectivity index (χ4v) is 2.33. The Bertz CT molecular complexity index is 847. The van der Waals surface area contributed by atoms with E-state index in [0.717, 1.165) is 3.57 Å². The highest BCUT2D eigenvalue weighted by Crippen LogP contribution is 2.16. The van der Waals surface area contributed by atoms with Crippen molar-refractivity contribution in [2.75, 3.05) is 5.32 Å². The second-order valence-corrected chi connectivity index (χ2v) is 6.30. The molecule has 0 aliphatic heterocycles. The van der Waals surface area contributed by atoms with Gasteiger partial charge in [0, 0.05) is 28.3 Å². The van der Waals surface area contributed by atoms with Gasteiger partial charge in [0.15, 0.2) is 0 Å². The molecule has 2 aromatic carbocycles. The predicted molar refractivity (Wildman–Crippen MR) is 103 cm³/mol. The molecule has 0 spiro atoms. The highest BCUT2D eigenvalue weighted by atomic mass is 127. The van der Waals surface area contributed by atoms with Gasteiger partial charge < -0.3 is 10.6 Å². The first kappa shape index (κ1) is 18.6. The second-order valence-electron chi connectivity index (χ2n) is 5.05. The van der Waals surface area contributed by atoms with Crippen molar-refractivity contribution in [1.29, 1.82) is 0 Å². The zero-order chi connectivity index (χ0) is 18.4. The summed E-state index contributed by atoms with van der Waals surface area (Å²) in [4.78, 5) is 34.1. The molecule has 7 nitrogen and oxygen atoms in total. The molecule has 0 bridgehead atoms. The molecule has 0 saturated heterocycles. The quantitative estimate of drug-likeness (QED) is 0.315. The van der Waals surface area contributed by atoms with Crippen LogP contribution in [0, 0.1) is 13.7 Å². The van der Waals surface area contributed by atoms with Gasteiger partial charge in [-0.05, 0) is 58.5 Å². The van der Waals surface area contributed by atoms with E-state index in [0.29, 0.717) is 11.3 Å². The summed E-state index contributed by atoms with van der Waals surface area (Å²) in [5.74, 6) is -0.947. The minimum absolute atomic E-state index is 0.00783. The maximum absolute atomic E-state index is 12.4. The summed E-state index contributed by atoms with van der Waals surface area (Å²) in [5.41, 5.74) is 0.886. The van der Waals surface area contributed by atoms with Crippen LogP contribution >= 0.6 is 22.6 Å². The van der Waals surface area contributed by atoms with Gasteiger partial charge in [-0.15, -0.1) is 0 Å². The predicted octanol–water partition coefficient (Wildman–Crippen LogP) is 3.32. The Morgan fingerprint density at radius 2 is 1.84 bits per heavy atom. The molecular weight excluding hydrogens is 437 g/mol. The molecule has 2 aromatic rings. The van der Waals surface area contributed by atoms with E-state index in [1.54, 1.807) is 18.2 Å². The zero-order valence-electron chi connectivity index (χ0n) is 13.2. The lowest BCUT2D eigenvalue weighted by Crippen LogP contribution is -2.28. The van der Waals surface area contributed by atoms with Crippen LogP contribution in [-0.2, 0) is 9.59 Å². The van der Waals surface area contributed by atoms with Crippen LogP contribution in [0.2, 0.25) is 0 Å². The van der Waals surface area contributed by atoms with E-state index < -0.39 is 16.7 Å². The smallest absolute Gasteiger partial charge is 0.272 e. The maximum Gasteiger partial charge on any atom is 0.272 e. The maximum atomic E-state index is 12.4. The molecule has 0 aliphatic carbocycles. The average Bonchev–Trinajstić information content (AvgIpc) is 2.56. The van der Waals surface area contributed by atoms with Crippen LogP contribution in [0.15, 0.2) is 54.2 Å². The molecule has 0 aromatic heterocycles. The number of halogens is 1. The van der Waals surface area contributed by atoms with E-state index in [9.17, 15) is 19.7 Å². The third-order valence-corrected chi connectivity index (χ3v) is 3.77. The van der Waals surface area contributed by atoms with Crippen molar-refractivity contribution in [2.45, 2.75) is 6.92 Å². The number of benzene rings is 2. The van der Waals surface area contributed by atoms with E-state index in [4.69, 9.17) is 0 Å². The fourth-order valence-electron chi connectivity index (χ4n) is 1.97. The van der Waals surface area contributed by atoms with Crippen LogP contribution < -0.4 is 10.6 Å². The van der Waals surface area contributed by atoms with Crippen molar-refractivity contribution >= 4 is 51.9 Å². The summed E-state index contributed by atoms with van der Waals surface area (Å²) in [5, 5.41) is 16.0. The number of non-ortho nitro benzene ring substituents is 1. The minimum Gasteiger partial charge on any atom is -0.322 e. The van der Waals surface area contributed by atoms with Gasteiger partial charge in [0.1, 0.15) is 5.70 Å². The molecule has 25 heavy (non-hydrogen) atoms. The molecule has 2 rings (SSSR count). The third-order valence-electron chi connectivity index (χ3n) is 3.05. The molecule has 2 N–H and O–H groups in total. The van der Waals surface area contributed by atoms with Gasteiger partial charge in [-0.1, -0.05) is 12.1 Å². The van der Waals surface area contributed by atoms with Gasteiger partial charge in [0.25, 0.3) is 11.6 Å². The zero-order valence-corrected chi connectivity index (χ0v) is 15.3. The van der Waals surface area contributed by atoms with Crippen LogP contribution in [0.5, 0.6) is 0 Å². The lowest BCUT2D eigenvalue weighted by Gasteiger charge is -2.10. The normalized spacial score (nSPS) is 10.9. The highest BCUT2D eigenvalue weighted by Gasteiger charge is 2.13. The van der Waals surface area contributed by atoms with E-state index in [1.165, 1.54) is 31.2 Å². The SMILES string of the molecule is CC(=O)N/C(=C/c1cccc([N+](=O)[O-])c1)C(=O)Nc1ccc(I)cc1. The minimum atomic E-state index is -0.527. The Morgan fingerprint density at radius 3 is 2.44 bits per heavy atom. The number of carbonyl (C=O) groups is 2. The van der Waals surface area contributed by atoms with Crippen LogP contribution in [0.1, 0.15) is 12.5 Å². The van der Waals surface area contributed by atoms with Crippen LogP contribution in [0.4, 0.5) is 11.4 Å². The number of nitrogens with one attached hydrogen (secondary N) is 2. The molecule has 2 amide bonds. The summed E-state index contributed by atoms with van der Waals surface area (Å²) in [7, 11) is 0. The number of nitrogens with zero attached hydrogens (tertiary/aromatic N) is 1. The molecule has 0 unspecified atom stereocenters. The summed E-state index contributed by atoms with van der Waals surface area (Å²) in [6.45, 7) is 1.28. The van der Waals surface area contributed by atoms with Gasteiger partial charge in [-0.25, -0.2) is 0 Å². The summed E-state index contributed by atoms with van der Waals surface area (Å²) >= 11 is 2.15. The van der Waals surface area contributed by atoms with Crippen LogP contribution in [-0.4, -0.2) is 16.7 Å². The molecule has 0 atom stereocenters. The molecule has 0 heterocycles. The second kappa shape index (κ2) is 8.38. The third kappa shape index (κ3) is 5.68. The van der Waals surface area contributed by atoms with Crippen molar-refractivity contribution < 1.29 is 14.5 Å². The molecular formula is C17H14IN3O4. The number of hydrogen-bond donors (Lipinski definition) is 2. The average molecular weight is 451 g/mol. The Morgan fingerprint density at radius 1 is 1.16 bits per heavy atom. The summed E-state index contributed by atoms with van der Waals surface area (Å²) in [6, 6.07) is 12.9. The Hall–Kier alpha value is -2.75. The topological polar surface area (TPSA) is 101 Å². The van der Waals surface area contributed by atoms with Crippen molar-refractivity contribution in [3.05, 3.63) is 73.5 Å². The largest absolute Gasteiger partial charge is 0.322 e. The van der Waals surface area contributed by atoms with Crippen molar-refractivity contribution in [1.82, 2.24) is 5.32 Å². The molecule has 0 saturated carbocycles. The molecule has 0 aliphatic rings. The van der Waals surface area contributed by atoms with Crippen molar-refractivity contribution in [2.24, 2.45) is 0 Å². The molecule has 0 fully saturated rings. The number of hydrogen-bond acceptors (Lipinski definition) is 4. The number of rotatable bonds is 5. The first-order chi connectivity index (χ1) is 11.8. The standard InChI is InChI=1S/C17H14IN3O4/c1-11(22)19-16(10-12-3-2-4-15(9-12)21(24)25)17(23)20-14-7-5-13(18)6-8-14/h2-10H,1H3,(H,19,22)(H,20,23)/b16-10+. The lowest BCUT2D eigenvalue weighted by molar-refractivity contribution is -0.384. The fraction of sp³-hybridized carbons (Fsp3) is 0.0588. The number of nitro groups is 1. The van der Waals surface area contributed by atoms with E-state index in [2.05, 4.69) is 33.2 Å². The van der Waals surface area contributed by atoms with Gasteiger partial charge in [-0.3, -0.25) is 19.7 Å². The van der Waals surface area contributed by atoms with Crippen LogP contribution in [0.3, 0.4) is 0 Å². The Kier molecular flexibility index (Phi) is 6.23. The highest BCUT2D eigenvalue weighted by molar-refractivity contribution is 14.1. The first-order valence-corrected chi connectivity index (χ1v) is 8.23. The van der Waals surface area contributed by atoms with Crippen molar-refractivity contribution in [3.63, 3.8) is 0 Å². The van der Waals surface area contributed by atoms with E-state index in [1.807, 2.05) is 12.1 Å². The number of anilines is 1. The van der Waals surface area contributed by atoms with Gasteiger partial charge in [-0.2, -0.15) is 0 Å². The van der Waals surface area contributed by atoms with E-state index in [-0.39, 0.29) is 11.4 Å². The molecule has 128 valence electrons. The first-order valence-electron chi connectivity index (χ1n) is 7.16. The van der Waals surface area contributed by atoms with Gasteiger partial charge >= 0.3 is 0 Å². The lowest BCUT2D eigenvalue weighted by atomic mass is 10.1.